The molecule has 0 bridgehead atoms. The molecule has 2 aliphatic heterocycles. The van der Waals surface area contributed by atoms with E-state index in [9.17, 15) is 9.90 Å². The van der Waals surface area contributed by atoms with Gasteiger partial charge in [-0.05, 0) is 44.9 Å². The van der Waals surface area contributed by atoms with Gasteiger partial charge in [-0.1, -0.05) is 12.1 Å². The third-order valence-corrected chi connectivity index (χ3v) is 6.89. The number of fused-ring (bicyclic) bond motifs is 1. The number of piperidine rings is 1. The number of aliphatic hydroxyl groups is 1. The molecule has 4 atom stereocenters. The van der Waals surface area contributed by atoms with Crippen LogP contribution in [0.2, 0.25) is 0 Å². The fourth-order valence-corrected chi connectivity index (χ4v) is 5.58. The molecule has 0 radical (unpaired) electrons. The monoisotopic (exact) mass is 357 g/mol. The molecule has 1 spiro atoms. The Labute approximate surface area is 154 Å². The second-order valence-corrected chi connectivity index (χ2v) is 7.86. The number of hydrogen-bond donors (Lipinski definition) is 1. The van der Waals surface area contributed by atoms with Crippen molar-refractivity contribution in [3.8, 4) is 11.5 Å². The van der Waals surface area contributed by atoms with Gasteiger partial charge in [0.05, 0.1) is 18.1 Å². The molecule has 4 rings (SSSR count). The number of Topliss-reactive ketones (excluding diaryl/α,β-unsaturated/α-hetero) is 1. The number of ketones is 1. The molecule has 2 heterocycles. The molecule has 1 aliphatic carbocycles. The first kappa shape index (κ1) is 17.6. The summed E-state index contributed by atoms with van der Waals surface area (Å²) < 4.78 is 11.7. The maximum absolute atomic E-state index is 12.9. The van der Waals surface area contributed by atoms with Crippen molar-refractivity contribution in [1.82, 2.24) is 4.90 Å². The van der Waals surface area contributed by atoms with E-state index in [4.69, 9.17) is 9.47 Å². The van der Waals surface area contributed by atoms with Gasteiger partial charge < -0.3 is 14.6 Å². The predicted octanol–water partition coefficient (Wildman–Crippen LogP) is 2.38. The summed E-state index contributed by atoms with van der Waals surface area (Å²) in [5.41, 5.74) is 0.256. The normalized spacial score (nSPS) is 35.9. The minimum Gasteiger partial charge on any atom is -0.493 e. The maximum Gasteiger partial charge on any atom is 0.174 e. The van der Waals surface area contributed by atoms with Crippen LogP contribution in [0.25, 0.3) is 0 Å². The van der Waals surface area contributed by atoms with Gasteiger partial charge in [-0.25, -0.2) is 0 Å². The van der Waals surface area contributed by atoms with Gasteiger partial charge in [0, 0.05) is 24.6 Å². The van der Waals surface area contributed by atoms with Crippen molar-refractivity contribution in [3.63, 3.8) is 0 Å². The Morgan fingerprint density at radius 3 is 2.92 bits per heavy atom. The first-order valence-electron chi connectivity index (χ1n) is 9.35. The summed E-state index contributed by atoms with van der Waals surface area (Å²) in [5, 5.41) is 12.0. The van der Waals surface area contributed by atoms with E-state index in [0.717, 1.165) is 24.2 Å². The summed E-state index contributed by atoms with van der Waals surface area (Å²) >= 11 is 0. The smallest absolute Gasteiger partial charge is 0.174 e. The lowest BCUT2D eigenvalue weighted by Crippen LogP contribution is -2.73. The van der Waals surface area contributed by atoms with Crippen molar-refractivity contribution in [1.29, 1.82) is 0 Å². The molecular weight excluding hydrogens is 330 g/mol. The molecule has 1 N–H and O–H groups in total. The van der Waals surface area contributed by atoms with Crippen molar-refractivity contribution in [3.05, 3.63) is 35.9 Å². The zero-order valence-electron chi connectivity index (χ0n) is 15.7. The predicted molar refractivity (Wildman–Crippen MR) is 98.9 cm³/mol. The summed E-state index contributed by atoms with van der Waals surface area (Å²) in [6, 6.07) is 3.78. The van der Waals surface area contributed by atoms with Crippen LogP contribution in [0.4, 0.5) is 0 Å². The summed E-state index contributed by atoms with van der Waals surface area (Å²) in [7, 11) is 1.61. The number of benzene rings is 1. The molecule has 1 saturated carbocycles. The molecule has 140 valence electrons. The lowest BCUT2D eigenvalue weighted by Gasteiger charge is -2.59. The Morgan fingerprint density at radius 1 is 1.46 bits per heavy atom. The van der Waals surface area contributed by atoms with Gasteiger partial charge in [0.2, 0.25) is 0 Å². The number of aryl methyl sites for hydroxylation is 1. The van der Waals surface area contributed by atoms with Crippen LogP contribution < -0.4 is 9.47 Å². The average molecular weight is 357 g/mol. The number of likely N-dealkylation sites (tertiary alicyclic amines) is 1. The zero-order chi connectivity index (χ0) is 18.7. The van der Waals surface area contributed by atoms with E-state index in [2.05, 4.69) is 18.4 Å². The fraction of sp³-hybridized carbons (Fsp3) is 0.571. The van der Waals surface area contributed by atoms with Gasteiger partial charge in [-0.2, -0.15) is 0 Å². The van der Waals surface area contributed by atoms with E-state index in [0.29, 0.717) is 30.8 Å². The first-order chi connectivity index (χ1) is 12.4. The van der Waals surface area contributed by atoms with E-state index >= 15 is 0 Å². The molecule has 26 heavy (non-hydrogen) atoms. The van der Waals surface area contributed by atoms with Crippen molar-refractivity contribution in [2.24, 2.45) is 0 Å². The van der Waals surface area contributed by atoms with Gasteiger partial charge in [0.1, 0.15) is 0 Å². The number of rotatable bonds is 3. The van der Waals surface area contributed by atoms with Crippen molar-refractivity contribution >= 4 is 5.78 Å². The molecule has 0 amide bonds. The molecule has 1 aromatic rings. The van der Waals surface area contributed by atoms with Gasteiger partial charge in [0.25, 0.3) is 0 Å². The highest BCUT2D eigenvalue weighted by Gasteiger charge is 2.70. The Morgan fingerprint density at radius 2 is 2.23 bits per heavy atom. The molecule has 1 aromatic carbocycles. The van der Waals surface area contributed by atoms with Gasteiger partial charge in [-0.3, -0.25) is 9.69 Å². The molecule has 0 unspecified atom stereocenters. The SMILES string of the molecule is C=CCN1CC[C@@]23c4c(C)ccc(OC)c4O[C@@H]2C(=O)CC[C@]3(O)[C@@H]1C. The Hall–Kier alpha value is -1.85. The van der Waals surface area contributed by atoms with Crippen LogP contribution in [0, 0.1) is 6.92 Å². The van der Waals surface area contributed by atoms with Crippen LogP contribution in [-0.2, 0) is 10.2 Å². The highest BCUT2D eigenvalue weighted by atomic mass is 16.5. The van der Waals surface area contributed by atoms with Crippen LogP contribution >= 0.6 is 0 Å². The van der Waals surface area contributed by atoms with E-state index < -0.39 is 17.1 Å². The Balaban J connectivity index is 1.95. The Kier molecular flexibility index (Phi) is 3.93. The third kappa shape index (κ3) is 1.96. The topological polar surface area (TPSA) is 59.0 Å². The quantitative estimate of drug-likeness (QED) is 0.842. The fourth-order valence-electron chi connectivity index (χ4n) is 5.58. The summed E-state index contributed by atoms with van der Waals surface area (Å²) in [6.07, 6.45) is 2.70. The van der Waals surface area contributed by atoms with Gasteiger partial charge in [0.15, 0.2) is 23.4 Å². The minimum absolute atomic E-state index is 0.0803. The van der Waals surface area contributed by atoms with Crippen LogP contribution in [0.5, 0.6) is 11.5 Å². The standard InChI is InChI=1S/C21H27NO4/c1-5-11-22-12-10-20-17-13(2)6-7-16(25-4)18(17)26-19(20)15(23)8-9-21(20,24)14(22)3/h5-7,14,19,24H,1,8-12H2,2-4H3/t14-,19+,20+,21-/m0/s1. The summed E-state index contributed by atoms with van der Waals surface area (Å²) in [5.74, 6) is 1.35. The lowest BCUT2D eigenvalue weighted by molar-refractivity contribution is -0.180. The lowest BCUT2D eigenvalue weighted by atomic mass is 9.52. The molecule has 3 aliphatic rings. The highest BCUT2D eigenvalue weighted by molar-refractivity contribution is 5.89. The van der Waals surface area contributed by atoms with Crippen LogP contribution in [0.15, 0.2) is 24.8 Å². The maximum atomic E-state index is 12.9. The average Bonchev–Trinajstić information content (AvgIpc) is 2.99. The second-order valence-electron chi connectivity index (χ2n) is 7.86. The molecule has 5 heteroatoms. The molecule has 5 nitrogen and oxygen atoms in total. The second kappa shape index (κ2) is 5.83. The number of carbonyl (C=O) groups excluding carboxylic acids is 1. The number of nitrogens with zero attached hydrogens (tertiary/aromatic N) is 1. The van der Waals surface area contributed by atoms with Gasteiger partial charge >= 0.3 is 0 Å². The van der Waals surface area contributed by atoms with Crippen molar-refractivity contribution in [2.45, 2.75) is 56.3 Å². The van der Waals surface area contributed by atoms with E-state index in [1.807, 2.05) is 25.1 Å². The van der Waals surface area contributed by atoms with E-state index in [1.165, 1.54) is 0 Å². The summed E-state index contributed by atoms with van der Waals surface area (Å²) in [4.78, 5) is 15.1. The number of carbonyl (C=O) groups is 1. The third-order valence-electron chi connectivity index (χ3n) is 6.89. The minimum atomic E-state index is -1.03. The van der Waals surface area contributed by atoms with Crippen LogP contribution in [0.3, 0.4) is 0 Å². The molecular formula is C21H27NO4. The van der Waals surface area contributed by atoms with E-state index in [-0.39, 0.29) is 11.8 Å². The molecule has 0 aromatic heterocycles. The number of ether oxygens (including phenoxy) is 2. The molecule has 1 saturated heterocycles. The summed E-state index contributed by atoms with van der Waals surface area (Å²) in [6.45, 7) is 9.45. The van der Waals surface area contributed by atoms with Crippen molar-refractivity contribution < 1.29 is 19.4 Å². The van der Waals surface area contributed by atoms with Gasteiger partial charge in [-0.15, -0.1) is 6.58 Å². The molecule has 2 fully saturated rings. The first-order valence-corrected chi connectivity index (χ1v) is 9.35. The van der Waals surface area contributed by atoms with Crippen LogP contribution in [0.1, 0.15) is 37.3 Å². The van der Waals surface area contributed by atoms with Crippen LogP contribution in [-0.4, -0.2) is 53.7 Å². The largest absolute Gasteiger partial charge is 0.493 e. The number of hydrogen-bond acceptors (Lipinski definition) is 5. The van der Waals surface area contributed by atoms with Crippen molar-refractivity contribution in [2.75, 3.05) is 20.2 Å². The zero-order valence-corrected chi connectivity index (χ0v) is 15.7. The highest BCUT2D eigenvalue weighted by Crippen LogP contribution is 2.61. The van der Waals surface area contributed by atoms with E-state index in [1.54, 1.807) is 7.11 Å². The number of methoxy groups -OCH3 is 1. The Bertz CT molecular complexity index is 776.